The Kier molecular flexibility index (Phi) is 5.24. The van der Waals surface area contributed by atoms with Gasteiger partial charge in [0.05, 0.1) is 6.10 Å². The third-order valence-electron chi connectivity index (χ3n) is 5.61. The van der Waals surface area contributed by atoms with Crippen molar-refractivity contribution in [1.29, 1.82) is 0 Å². The Morgan fingerprint density at radius 1 is 1.30 bits per heavy atom. The number of ether oxygens (including phenoxy) is 1. The highest BCUT2D eigenvalue weighted by atomic mass is 16.5. The highest BCUT2D eigenvalue weighted by Crippen LogP contribution is 2.50. The van der Waals surface area contributed by atoms with Gasteiger partial charge in [-0.1, -0.05) is 24.6 Å². The molecule has 7 nitrogen and oxygen atoms in total. The van der Waals surface area contributed by atoms with E-state index in [-0.39, 0.29) is 12.0 Å². The van der Waals surface area contributed by atoms with Crippen LogP contribution in [0.3, 0.4) is 0 Å². The summed E-state index contributed by atoms with van der Waals surface area (Å²) in [5.74, 6) is -3.78. The summed E-state index contributed by atoms with van der Waals surface area (Å²) in [4.78, 5) is 36.6. The number of aliphatic carboxylic acids is 1. The van der Waals surface area contributed by atoms with E-state index in [0.29, 0.717) is 0 Å². The fraction of sp³-hybridized carbons (Fsp3) is 0.550. The van der Waals surface area contributed by atoms with E-state index in [9.17, 15) is 19.5 Å². The number of anilines is 1. The molecular formula is C20H26N2O5. The van der Waals surface area contributed by atoms with Crippen LogP contribution < -0.4 is 11.1 Å². The molecule has 1 aliphatic carbocycles. The van der Waals surface area contributed by atoms with Crippen LogP contribution in [0.5, 0.6) is 0 Å². The molecule has 4 N–H and O–H groups in total. The Balaban J connectivity index is 1.99. The minimum Gasteiger partial charge on any atom is -0.480 e. The van der Waals surface area contributed by atoms with Crippen LogP contribution in [-0.4, -0.2) is 40.5 Å². The van der Waals surface area contributed by atoms with Gasteiger partial charge >= 0.3 is 11.9 Å². The van der Waals surface area contributed by atoms with Crippen molar-refractivity contribution in [1.82, 2.24) is 0 Å². The van der Waals surface area contributed by atoms with Gasteiger partial charge in [-0.25, -0.2) is 4.79 Å². The molecular weight excluding hydrogens is 348 g/mol. The lowest BCUT2D eigenvalue weighted by atomic mass is 9.66. The SMILES string of the molecule is CC(C)OC(=O)C(=O)CC(N)(C(=O)O)C1c2ccccc2NC2CCCC21. The molecule has 0 saturated heterocycles. The molecule has 1 aliphatic heterocycles. The largest absolute Gasteiger partial charge is 0.480 e. The number of nitrogens with two attached hydrogens (primary N) is 1. The molecule has 1 saturated carbocycles. The van der Waals surface area contributed by atoms with Crippen molar-refractivity contribution in [2.75, 3.05) is 5.32 Å². The van der Waals surface area contributed by atoms with Crippen molar-refractivity contribution in [3.8, 4) is 0 Å². The normalized spacial score (nSPS) is 25.7. The number of nitrogens with one attached hydrogen (secondary N) is 1. The van der Waals surface area contributed by atoms with Gasteiger partial charge in [0.15, 0.2) is 0 Å². The van der Waals surface area contributed by atoms with E-state index in [1.54, 1.807) is 13.8 Å². The number of carbonyl (C=O) groups excluding carboxylic acids is 2. The molecule has 0 radical (unpaired) electrons. The molecule has 0 bridgehead atoms. The van der Waals surface area contributed by atoms with Crippen LogP contribution in [0.2, 0.25) is 0 Å². The van der Waals surface area contributed by atoms with Crippen LogP contribution in [0.1, 0.15) is 51.0 Å². The van der Waals surface area contributed by atoms with Crippen molar-refractivity contribution >= 4 is 23.4 Å². The molecule has 1 aromatic rings. The van der Waals surface area contributed by atoms with Crippen molar-refractivity contribution < 1.29 is 24.2 Å². The number of para-hydroxylation sites is 1. The van der Waals surface area contributed by atoms with Crippen molar-refractivity contribution in [3.63, 3.8) is 0 Å². The number of rotatable bonds is 6. The second-order valence-electron chi connectivity index (χ2n) is 7.81. The van der Waals surface area contributed by atoms with Gasteiger partial charge < -0.3 is 20.9 Å². The Morgan fingerprint density at radius 3 is 2.67 bits per heavy atom. The number of hydrogen-bond donors (Lipinski definition) is 3. The molecule has 2 aliphatic rings. The first-order chi connectivity index (χ1) is 12.7. The van der Waals surface area contributed by atoms with Gasteiger partial charge in [0.25, 0.3) is 0 Å². The smallest absolute Gasteiger partial charge is 0.374 e. The first-order valence-corrected chi connectivity index (χ1v) is 9.35. The molecule has 7 heteroatoms. The second-order valence-corrected chi connectivity index (χ2v) is 7.81. The lowest BCUT2D eigenvalue weighted by molar-refractivity contribution is -0.159. The van der Waals surface area contributed by atoms with Gasteiger partial charge in [-0.3, -0.25) is 9.59 Å². The Labute approximate surface area is 158 Å². The highest BCUT2D eigenvalue weighted by molar-refractivity contribution is 6.34. The van der Waals surface area contributed by atoms with Crippen LogP contribution in [0, 0.1) is 5.92 Å². The van der Waals surface area contributed by atoms with Crippen LogP contribution >= 0.6 is 0 Å². The van der Waals surface area contributed by atoms with E-state index in [0.717, 1.165) is 30.5 Å². The maximum atomic E-state index is 12.4. The van der Waals surface area contributed by atoms with Crippen molar-refractivity contribution in [2.45, 2.75) is 63.1 Å². The lowest BCUT2D eigenvalue weighted by Gasteiger charge is -2.44. The van der Waals surface area contributed by atoms with Gasteiger partial charge in [0.2, 0.25) is 5.78 Å². The van der Waals surface area contributed by atoms with E-state index in [4.69, 9.17) is 10.5 Å². The highest BCUT2D eigenvalue weighted by Gasteiger charge is 2.54. The minimum absolute atomic E-state index is 0.00470. The second kappa shape index (κ2) is 7.31. The molecule has 4 unspecified atom stereocenters. The van der Waals surface area contributed by atoms with Crippen LogP contribution in [0.4, 0.5) is 5.69 Å². The van der Waals surface area contributed by atoms with Crippen LogP contribution in [0.15, 0.2) is 24.3 Å². The monoisotopic (exact) mass is 374 g/mol. The molecule has 27 heavy (non-hydrogen) atoms. The summed E-state index contributed by atoms with van der Waals surface area (Å²) in [5.41, 5.74) is 6.16. The maximum absolute atomic E-state index is 12.4. The predicted molar refractivity (Wildman–Crippen MR) is 99.3 cm³/mol. The van der Waals surface area contributed by atoms with E-state index in [1.165, 1.54) is 0 Å². The zero-order valence-corrected chi connectivity index (χ0v) is 15.6. The molecule has 4 atom stereocenters. The van der Waals surface area contributed by atoms with E-state index < -0.39 is 41.7 Å². The molecule has 0 spiro atoms. The number of Topliss-reactive ketones (excluding diaryl/α,β-unsaturated/α-hetero) is 1. The molecule has 1 aromatic carbocycles. The summed E-state index contributed by atoms with van der Waals surface area (Å²) in [7, 11) is 0. The summed E-state index contributed by atoms with van der Waals surface area (Å²) in [6.45, 7) is 3.26. The van der Waals surface area contributed by atoms with Crippen LogP contribution in [0.25, 0.3) is 0 Å². The fourth-order valence-electron chi connectivity index (χ4n) is 4.49. The van der Waals surface area contributed by atoms with E-state index in [1.807, 2.05) is 24.3 Å². The van der Waals surface area contributed by atoms with E-state index in [2.05, 4.69) is 5.32 Å². The molecule has 3 rings (SSSR count). The summed E-state index contributed by atoms with van der Waals surface area (Å²) < 4.78 is 4.93. The summed E-state index contributed by atoms with van der Waals surface area (Å²) in [5, 5.41) is 13.5. The minimum atomic E-state index is -1.88. The first kappa shape index (κ1) is 19.4. The van der Waals surface area contributed by atoms with Gasteiger partial charge in [0.1, 0.15) is 5.54 Å². The third kappa shape index (κ3) is 3.56. The summed E-state index contributed by atoms with van der Waals surface area (Å²) >= 11 is 0. The summed E-state index contributed by atoms with van der Waals surface area (Å²) in [6, 6.07) is 7.57. The lowest BCUT2D eigenvalue weighted by Crippen LogP contribution is -2.59. The number of carboxylic acid groups (broad SMARTS) is 1. The van der Waals surface area contributed by atoms with Gasteiger partial charge in [0, 0.05) is 24.1 Å². The number of carbonyl (C=O) groups is 3. The summed E-state index contributed by atoms with van der Waals surface area (Å²) in [6.07, 6.45) is 1.67. The molecule has 146 valence electrons. The average Bonchev–Trinajstić information content (AvgIpc) is 3.06. The Morgan fingerprint density at radius 2 is 2.00 bits per heavy atom. The Hall–Kier alpha value is -2.41. The topological polar surface area (TPSA) is 119 Å². The average molecular weight is 374 g/mol. The zero-order chi connectivity index (χ0) is 19.8. The Bertz CT molecular complexity index is 762. The van der Waals surface area contributed by atoms with Gasteiger partial charge in [-0.2, -0.15) is 0 Å². The maximum Gasteiger partial charge on any atom is 0.374 e. The third-order valence-corrected chi connectivity index (χ3v) is 5.61. The molecule has 0 amide bonds. The predicted octanol–water partition coefficient (Wildman–Crippen LogP) is 2.06. The van der Waals surface area contributed by atoms with Crippen LogP contribution in [-0.2, 0) is 19.1 Å². The number of esters is 1. The van der Waals surface area contributed by atoms with Gasteiger partial charge in [-0.15, -0.1) is 0 Å². The first-order valence-electron chi connectivity index (χ1n) is 9.35. The number of benzene rings is 1. The number of ketones is 1. The quantitative estimate of drug-likeness (QED) is 0.515. The standard InChI is InChI=1S/C20H26N2O5/c1-11(2)27-18(24)16(23)10-20(21,19(25)26)17-12-6-3-4-8-14(12)22-15-9-5-7-13(15)17/h3-4,6,8,11,13,15,17,22H,5,7,9-10,21H2,1-2H3,(H,25,26). The zero-order valence-electron chi connectivity index (χ0n) is 15.6. The van der Waals surface area contributed by atoms with Gasteiger partial charge in [-0.05, 0) is 44.2 Å². The molecule has 1 fully saturated rings. The number of fused-ring (bicyclic) bond motifs is 2. The van der Waals surface area contributed by atoms with Crippen molar-refractivity contribution in [3.05, 3.63) is 29.8 Å². The molecule has 0 aromatic heterocycles. The number of hydrogen-bond acceptors (Lipinski definition) is 6. The van der Waals surface area contributed by atoms with E-state index >= 15 is 0 Å². The fourth-order valence-corrected chi connectivity index (χ4v) is 4.49. The molecule has 1 heterocycles. The van der Waals surface area contributed by atoms with Crippen molar-refractivity contribution in [2.24, 2.45) is 11.7 Å². The number of carboxylic acids is 1.